The van der Waals surface area contributed by atoms with Gasteiger partial charge < -0.3 is 4.74 Å². The highest BCUT2D eigenvalue weighted by atomic mass is 16.5. The molecule has 0 saturated heterocycles. The molecule has 3 heteroatoms. The van der Waals surface area contributed by atoms with E-state index in [1.807, 2.05) is 24.3 Å². The van der Waals surface area contributed by atoms with E-state index in [1.54, 1.807) is 13.2 Å². The quantitative estimate of drug-likeness (QED) is 0.637. The second kappa shape index (κ2) is 6.59. The Kier molecular flexibility index (Phi) is 4.36. The Balaban J connectivity index is 1.97. The minimum Gasteiger partial charge on any atom is -0.497 e. The molecule has 0 N–H and O–H groups in total. The Hall–Kier alpha value is -2.38. The summed E-state index contributed by atoms with van der Waals surface area (Å²) in [6.45, 7) is 0. The first-order chi connectivity index (χ1) is 10.8. The van der Waals surface area contributed by atoms with Gasteiger partial charge in [0.2, 0.25) is 6.08 Å². The molecule has 22 heavy (non-hydrogen) atoms. The van der Waals surface area contributed by atoms with Crippen molar-refractivity contribution >= 4 is 6.08 Å². The van der Waals surface area contributed by atoms with Crippen LogP contribution in [0.5, 0.6) is 5.75 Å². The maximum atomic E-state index is 10.8. The van der Waals surface area contributed by atoms with E-state index in [1.165, 1.54) is 16.7 Å². The number of ether oxygens (including phenoxy) is 1. The van der Waals surface area contributed by atoms with Gasteiger partial charge in [-0.2, -0.15) is 0 Å². The van der Waals surface area contributed by atoms with Crippen molar-refractivity contribution in [3.63, 3.8) is 0 Å². The molecule has 1 aliphatic rings. The third kappa shape index (κ3) is 2.95. The number of nitrogens with zero attached hydrogens (tertiary/aromatic N) is 1. The van der Waals surface area contributed by atoms with Crippen LogP contribution in [-0.4, -0.2) is 19.2 Å². The van der Waals surface area contributed by atoms with Gasteiger partial charge >= 0.3 is 0 Å². The molecule has 3 rings (SSSR count). The molecule has 3 nitrogen and oxygen atoms in total. The number of isocyanates is 1. The SMILES string of the molecule is COc1ccc2c(c1)CCC(N=C=O)C2Cc1ccccc1. The lowest BCUT2D eigenvalue weighted by Crippen LogP contribution is -2.25. The third-order valence-corrected chi connectivity index (χ3v) is 4.44. The zero-order valence-corrected chi connectivity index (χ0v) is 12.7. The summed E-state index contributed by atoms with van der Waals surface area (Å²) in [5, 5.41) is 0. The lowest BCUT2D eigenvalue weighted by molar-refractivity contribution is 0.410. The van der Waals surface area contributed by atoms with Crippen LogP contribution in [-0.2, 0) is 17.6 Å². The Bertz CT molecular complexity index is 690. The fourth-order valence-corrected chi connectivity index (χ4v) is 3.34. The van der Waals surface area contributed by atoms with Gasteiger partial charge in [-0.05, 0) is 48.1 Å². The topological polar surface area (TPSA) is 38.7 Å². The number of benzene rings is 2. The molecular formula is C19H19NO2. The van der Waals surface area contributed by atoms with Crippen molar-refractivity contribution < 1.29 is 9.53 Å². The number of carbonyl (C=O) groups excluding carboxylic acids is 1. The molecule has 2 aromatic carbocycles. The zero-order chi connectivity index (χ0) is 15.4. The number of rotatable bonds is 4. The number of methoxy groups -OCH3 is 1. The normalized spacial score (nSPS) is 19.9. The van der Waals surface area contributed by atoms with Crippen LogP contribution < -0.4 is 4.74 Å². The molecule has 0 aliphatic heterocycles. The highest BCUT2D eigenvalue weighted by molar-refractivity contribution is 5.43. The van der Waals surface area contributed by atoms with Gasteiger partial charge in [0, 0.05) is 5.92 Å². The number of aliphatic imine (C=N–C) groups is 1. The van der Waals surface area contributed by atoms with Crippen molar-refractivity contribution in [3.05, 3.63) is 65.2 Å². The lowest BCUT2D eigenvalue weighted by Gasteiger charge is -2.31. The maximum absolute atomic E-state index is 10.8. The van der Waals surface area contributed by atoms with Crippen LogP contribution in [0.15, 0.2) is 53.5 Å². The predicted molar refractivity (Wildman–Crippen MR) is 86.1 cm³/mol. The molecule has 1 aliphatic carbocycles. The van der Waals surface area contributed by atoms with Crippen LogP contribution in [0.4, 0.5) is 0 Å². The first kappa shape index (κ1) is 14.6. The zero-order valence-electron chi connectivity index (χ0n) is 12.7. The van der Waals surface area contributed by atoms with E-state index in [0.29, 0.717) is 0 Å². The molecule has 0 saturated carbocycles. The number of hydrogen-bond acceptors (Lipinski definition) is 3. The van der Waals surface area contributed by atoms with E-state index in [2.05, 4.69) is 29.3 Å². The summed E-state index contributed by atoms with van der Waals surface area (Å²) < 4.78 is 5.32. The van der Waals surface area contributed by atoms with Crippen molar-refractivity contribution in [1.82, 2.24) is 0 Å². The molecule has 2 atom stereocenters. The smallest absolute Gasteiger partial charge is 0.235 e. The summed E-state index contributed by atoms with van der Waals surface area (Å²) >= 11 is 0. The Morgan fingerprint density at radius 3 is 2.77 bits per heavy atom. The Morgan fingerprint density at radius 2 is 2.05 bits per heavy atom. The number of aryl methyl sites for hydroxylation is 1. The van der Waals surface area contributed by atoms with E-state index in [9.17, 15) is 4.79 Å². The van der Waals surface area contributed by atoms with E-state index < -0.39 is 0 Å². The summed E-state index contributed by atoms with van der Waals surface area (Å²) in [7, 11) is 1.69. The molecule has 0 bridgehead atoms. The highest BCUT2D eigenvalue weighted by Gasteiger charge is 2.29. The summed E-state index contributed by atoms with van der Waals surface area (Å²) in [6.07, 6.45) is 4.45. The fraction of sp³-hybridized carbons (Fsp3) is 0.316. The van der Waals surface area contributed by atoms with Crippen LogP contribution in [0.1, 0.15) is 29.0 Å². The molecule has 2 aromatic rings. The predicted octanol–water partition coefficient (Wildman–Crippen LogP) is 3.67. The molecule has 0 spiro atoms. The van der Waals surface area contributed by atoms with Gasteiger partial charge in [0.1, 0.15) is 5.75 Å². The standard InChI is InChI=1S/C19H19NO2/c1-22-16-8-9-17-15(12-16)7-10-19(20-13-21)18(17)11-14-5-3-2-4-6-14/h2-6,8-9,12,18-19H,7,10-11H2,1H3. The monoisotopic (exact) mass is 293 g/mol. The van der Waals surface area contributed by atoms with Crippen molar-refractivity contribution in [3.8, 4) is 5.75 Å². The molecule has 0 amide bonds. The van der Waals surface area contributed by atoms with Crippen LogP contribution in [0.2, 0.25) is 0 Å². The van der Waals surface area contributed by atoms with Crippen molar-refractivity contribution in [2.75, 3.05) is 7.11 Å². The molecule has 2 unspecified atom stereocenters. The van der Waals surface area contributed by atoms with E-state index in [0.717, 1.165) is 25.0 Å². The molecule has 112 valence electrons. The summed E-state index contributed by atoms with van der Waals surface area (Å²) in [4.78, 5) is 14.8. The van der Waals surface area contributed by atoms with Crippen LogP contribution in [0, 0.1) is 0 Å². The first-order valence-corrected chi connectivity index (χ1v) is 7.59. The minimum absolute atomic E-state index is 0.0126. The third-order valence-electron chi connectivity index (χ3n) is 4.44. The van der Waals surface area contributed by atoms with Gasteiger partial charge in [-0.3, -0.25) is 0 Å². The maximum Gasteiger partial charge on any atom is 0.235 e. The largest absolute Gasteiger partial charge is 0.497 e. The molecule has 0 aromatic heterocycles. The Labute approximate surface area is 130 Å². The van der Waals surface area contributed by atoms with Gasteiger partial charge in [0.25, 0.3) is 0 Å². The van der Waals surface area contributed by atoms with Crippen LogP contribution in [0.25, 0.3) is 0 Å². The average Bonchev–Trinajstić information content (AvgIpc) is 2.57. The molecule has 0 heterocycles. The number of fused-ring (bicyclic) bond motifs is 1. The van der Waals surface area contributed by atoms with E-state index >= 15 is 0 Å². The summed E-state index contributed by atoms with van der Waals surface area (Å²) in [6, 6.07) is 16.6. The van der Waals surface area contributed by atoms with Crippen LogP contribution >= 0.6 is 0 Å². The van der Waals surface area contributed by atoms with Crippen molar-refractivity contribution in [2.45, 2.75) is 31.2 Å². The second-order valence-electron chi connectivity index (χ2n) is 5.69. The lowest BCUT2D eigenvalue weighted by atomic mass is 9.76. The Morgan fingerprint density at radius 1 is 1.23 bits per heavy atom. The minimum atomic E-state index is 0.0126. The van der Waals surface area contributed by atoms with Gasteiger partial charge in [0.05, 0.1) is 13.2 Å². The average molecular weight is 293 g/mol. The van der Waals surface area contributed by atoms with Gasteiger partial charge in [-0.15, -0.1) is 0 Å². The molecular weight excluding hydrogens is 274 g/mol. The van der Waals surface area contributed by atoms with E-state index in [4.69, 9.17) is 4.74 Å². The van der Waals surface area contributed by atoms with Crippen molar-refractivity contribution in [2.24, 2.45) is 4.99 Å². The van der Waals surface area contributed by atoms with E-state index in [-0.39, 0.29) is 12.0 Å². The van der Waals surface area contributed by atoms with Crippen molar-refractivity contribution in [1.29, 1.82) is 0 Å². The second-order valence-corrected chi connectivity index (χ2v) is 5.69. The van der Waals surface area contributed by atoms with Gasteiger partial charge in [-0.25, -0.2) is 9.79 Å². The first-order valence-electron chi connectivity index (χ1n) is 7.59. The van der Waals surface area contributed by atoms with Gasteiger partial charge in [-0.1, -0.05) is 36.4 Å². The fourth-order valence-electron chi connectivity index (χ4n) is 3.34. The number of hydrogen-bond donors (Lipinski definition) is 0. The summed E-state index contributed by atoms with van der Waals surface area (Å²) in [5.74, 6) is 1.10. The van der Waals surface area contributed by atoms with Crippen LogP contribution in [0.3, 0.4) is 0 Å². The summed E-state index contributed by atoms with van der Waals surface area (Å²) in [5.41, 5.74) is 3.85. The van der Waals surface area contributed by atoms with Gasteiger partial charge in [0.15, 0.2) is 0 Å². The molecule has 0 fully saturated rings. The molecule has 0 radical (unpaired) electrons. The highest BCUT2D eigenvalue weighted by Crippen LogP contribution is 2.37.